The van der Waals surface area contributed by atoms with E-state index < -0.39 is 0 Å². The number of rotatable bonds is 5. The highest BCUT2D eigenvalue weighted by molar-refractivity contribution is 5.88. The molecule has 1 amide bonds. The zero-order valence-corrected chi connectivity index (χ0v) is 13.3. The Balaban J connectivity index is 1.79. The molecular weight excluding hydrogens is 272 g/mol. The highest BCUT2D eigenvalue weighted by atomic mass is 16.2. The van der Waals surface area contributed by atoms with Gasteiger partial charge in [0.1, 0.15) is 0 Å². The largest absolute Gasteiger partial charge is 0.349 e. The molecule has 2 atom stereocenters. The Morgan fingerprint density at radius 1 is 1.27 bits per heavy atom. The summed E-state index contributed by atoms with van der Waals surface area (Å²) in [4.78, 5) is 12.6. The van der Waals surface area contributed by atoms with Crippen molar-refractivity contribution < 1.29 is 4.79 Å². The number of benzene rings is 2. The number of fused-ring (bicyclic) bond motifs is 1. The van der Waals surface area contributed by atoms with Crippen LogP contribution in [0.5, 0.6) is 0 Å². The average molecular weight is 296 g/mol. The van der Waals surface area contributed by atoms with E-state index in [9.17, 15) is 4.79 Å². The van der Waals surface area contributed by atoms with Gasteiger partial charge in [-0.3, -0.25) is 4.79 Å². The first-order valence-electron chi connectivity index (χ1n) is 8.04. The lowest BCUT2D eigenvalue weighted by molar-refractivity contribution is -0.124. The predicted octanol–water partition coefficient (Wildman–Crippen LogP) is 3.19. The van der Waals surface area contributed by atoms with Crippen molar-refractivity contribution in [1.29, 1.82) is 0 Å². The highest BCUT2D eigenvalue weighted by Crippen LogP contribution is 2.39. The second kappa shape index (κ2) is 5.73. The summed E-state index contributed by atoms with van der Waals surface area (Å²) in [6, 6.07) is 14.5. The van der Waals surface area contributed by atoms with Gasteiger partial charge in [-0.25, -0.2) is 0 Å². The summed E-state index contributed by atoms with van der Waals surface area (Å²) in [5.41, 5.74) is 6.68. The van der Waals surface area contributed by atoms with Gasteiger partial charge in [0.15, 0.2) is 0 Å². The fourth-order valence-electron chi connectivity index (χ4n) is 3.06. The first-order chi connectivity index (χ1) is 10.5. The third-order valence-electron chi connectivity index (χ3n) is 4.98. The average Bonchev–Trinajstić information content (AvgIpc) is 3.38. The predicted molar refractivity (Wildman–Crippen MR) is 90.7 cm³/mol. The lowest BCUT2D eigenvalue weighted by Gasteiger charge is -2.31. The molecule has 0 bridgehead atoms. The molecule has 1 saturated carbocycles. The molecule has 2 unspecified atom stereocenters. The summed E-state index contributed by atoms with van der Waals surface area (Å²) in [7, 11) is 0. The van der Waals surface area contributed by atoms with Crippen LogP contribution in [-0.4, -0.2) is 18.0 Å². The van der Waals surface area contributed by atoms with E-state index in [2.05, 4.69) is 36.5 Å². The van der Waals surface area contributed by atoms with Gasteiger partial charge in [-0.15, -0.1) is 0 Å². The van der Waals surface area contributed by atoms with Crippen LogP contribution in [0.25, 0.3) is 10.8 Å². The zero-order valence-electron chi connectivity index (χ0n) is 13.3. The maximum absolute atomic E-state index is 12.6. The number of carbonyl (C=O) groups is 1. The molecule has 22 heavy (non-hydrogen) atoms. The van der Waals surface area contributed by atoms with Crippen molar-refractivity contribution in [3.05, 3.63) is 48.0 Å². The molecule has 1 fully saturated rings. The molecule has 1 aliphatic carbocycles. The van der Waals surface area contributed by atoms with E-state index in [0.717, 1.165) is 5.56 Å². The Kier molecular flexibility index (Phi) is 3.92. The van der Waals surface area contributed by atoms with E-state index in [0.29, 0.717) is 12.5 Å². The van der Waals surface area contributed by atoms with E-state index in [-0.39, 0.29) is 17.4 Å². The third-order valence-corrected chi connectivity index (χ3v) is 4.98. The Bertz CT molecular complexity index is 693. The van der Waals surface area contributed by atoms with Crippen LogP contribution < -0.4 is 11.1 Å². The molecular formula is C19H24N2O. The standard InChI is InChI=1S/C19H24N2O/c1-13(18(22)21-19(2,12-20)17-9-10-17)15-8-7-14-5-3-4-6-16(14)11-15/h3-8,11,13,17H,9-10,12,20H2,1-2H3,(H,21,22). The Labute approximate surface area is 131 Å². The summed E-state index contributed by atoms with van der Waals surface area (Å²) in [6.07, 6.45) is 2.33. The second-order valence-electron chi connectivity index (χ2n) is 6.71. The van der Waals surface area contributed by atoms with Crippen molar-refractivity contribution in [3.63, 3.8) is 0 Å². The first kappa shape index (κ1) is 15.0. The van der Waals surface area contributed by atoms with Gasteiger partial charge in [-0.05, 0) is 48.9 Å². The molecule has 0 heterocycles. The topological polar surface area (TPSA) is 55.1 Å². The highest BCUT2D eigenvalue weighted by Gasteiger charge is 2.42. The molecule has 0 spiro atoms. The van der Waals surface area contributed by atoms with Crippen LogP contribution in [0, 0.1) is 5.92 Å². The van der Waals surface area contributed by atoms with Crippen LogP contribution in [0.2, 0.25) is 0 Å². The van der Waals surface area contributed by atoms with Crippen LogP contribution >= 0.6 is 0 Å². The van der Waals surface area contributed by atoms with Gasteiger partial charge in [-0.2, -0.15) is 0 Å². The lowest BCUT2D eigenvalue weighted by atomic mass is 9.92. The third kappa shape index (κ3) is 2.86. The van der Waals surface area contributed by atoms with Crippen LogP contribution in [0.15, 0.2) is 42.5 Å². The maximum Gasteiger partial charge on any atom is 0.227 e. The first-order valence-corrected chi connectivity index (χ1v) is 8.04. The van der Waals surface area contributed by atoms with Crippen molar-refractivity contribution in [2.24, 2.45) is 11.7 Å². The van der Waals surface area contributed by atoms with E-state index in [1.807, 2.05) is 25.1 Å². The number of hydrogen-bond donors (Lipinski definition) is 2. The Hall–Kier alpha value is -1.87. The van der Waals surface area contributed by atoms with Crippen molar-refractivity contribution in [1.82, 2.24) is 5.32 Å². The maximum atomic E-state index is 12.6. The summed E-state index contributed by atoms with van der Waals surface area (Å²) >= 11 is 0. The van der Waals surface area contributed by atoms with Crippen LogP contribution in [0.4, 0.5) is 0 Å². The molecule has 0 saturated heterocycles. The normalized spacial score (nSPS) is 18.7. The van der Waals surface area contributed by atoms with E-state index in [4.69, 9.17) is 5.73 Å². The van der Waals surface area contributed by atoms with Gasteiger partial charge in [0.2, 0.25) is 5.91 Å². The summed E-state index contributed by atoms with van der Waals surface area (Å²) in [5.74, 6) is 0.426. The molecule has 2 aromatic carbocycles. The second-order valence-corrected chi connectivity index (χ2v) is 6.71. The zero-order chi connectivity index (χ0) is 15.7. The van der Waals surface area contributed by atoms with Crippen molar-refractivity contribution in [2.45, 2.75) is 38.1 Å². The summed E-state index contributed by atoms with van der Waals surface area (Å²) < 4.78 is 0. The van der Waals surface area contributed by atoms with Gasteiger partial charge in [0.25, 0.3) is 0 Å². The van der Waals surface area contributed by atoms with Gasteiger partial charge < -0.3 is 11.1 Å². The fraction of sp³-hybridized carbons (Fsp3) is 0.421. The van der Waals surface area contributed by atoms with Crippen LogP contribution in [0.1, 0.15) is 38.2 Å². The molecule has 3 rings (SSSR count). The molecule has 3 heteroatoms. The van der Waals surface area contributed by atoms with Crippen molar-refractivity contribution >= 4 is 16.7 Å². The Morgan fingerprint density at radius 2 is 1.95 bits per heavy atom. The quantitative estimate of drug-likeness (QED) is 0.890. The minimum atomic E-state index is -0.262. The van der Waals surface area contributed by atoms with Gasteiger partial charge in [0, 0.05) is 6.54 Å². The fourth-order valence-corrected chi connectivity index (χ4v) is 3.06. The van der Waals surface area contributed by atoms with Gasteiger partial charge in [-0.1, -0.05) is 42.5 Å². The minimum Gasteiger partial charge on any atom is -0.349 e. The molecule has 3 N–H and O–H groups in total. The van der Waals surface area contributed by atoms with E-state index in [1.54, 1.807) is 0 Å². The lowest BCUT2D eigenvalue weighted by Crippen LogP contribution is -2.54. The van der Waals surface area contributed by atoms with E-state index in [1.165, 1.54) is 23.6 Å². The molecule has 1 aliphatic rings. The minimum absolute atomic E-state index is 0.0649. The molecule has 116 valence electrons. The SMILES string of the molecule is CC(C(=O)NC(C)(CN)C1CC1)c1ccc2ccccc2c1. The van der Waals surface area contributed by atoms with Crippen LogP contribution in [-0.2, 0) is 4.79 Å². The van der Waals surface area contributed by atoms with E-state index >= 15 is 0 Å². The molecule has 0 radical (unpaired) electrons. The summed E-state index contributed by atoms with van der Waals surface area (Å²) in [5, 5.41) is 5.56. The number of hydrogen-bond acceptors (Lipinski definition) is 2. The monoisotopic (exact) mass is 296 g/mol. The molecule has 3 nitrogen and oxygen atoms in total. The molecule has 0 aromatic heterocycles. The summed E-state index contributed by atoms with van der Waals surface area (Å²) in [6.45, 7) is 4.52. The molecule has 0 aliphatic heterocycles. The van der Waals surface area contributed by atoms with Crippen molar-refractivity contribution in [3.8, 4) is 0 Å². The Morgan fingerprint density at radius 3 is 2.59 bits per heavy atom. The van der Waals surface area contributed by atoms with Gasteiger partial charge >= 0.3 is 0 Å². The number of amides is 1. The number of nitrogens with one attached hydrogen (secondary N) is 1. The number of nitrogens with two attached hydrogens (primary N) is 1. The smallest absolute Gasteiger partial charge is 0.227 e. The van der Waals surface area contributed by atoms with Gasteiger partial charge in [0.05, 0.1) is 11.5 Å². The number of carbonyl (C=O) groups excluding carboxylic acids is 1. The molecule has 2 aromatic rings. The van der Waals surface area contributed by atoms with Crippen molar-refractivity contribution in [2.75, 3.05) is 6.54 Å². The van der Waals surface area contributed by atoms with Crippen LogP contribution in [0.3, 0.4) is 0 Å².